The molecule has 3 nitrogen and oxygen atoms in total. The Bertz CT molecular complexity index is 539. The number of pyridine rings is 1. The zero-order valence-corrected chi connectivity index (χ0v) is 11.0. The number of halogens is 3. The number of aliphatic imine (C=N–C) groups is 1. The summed E-state index contributed by atoms with van der Waals surface area (Å²) in [6.45, 7) is 5.23. The van der Waals surface area contributed by atoms with Gasteiger partial charge in [-0.2, -0.15) is 18.4 Å². The zero-order chi connectivity index (χ0) is 14.6. The molecule has 0 bridgehead atoms. The van der Waals surface area contributed by atoms with Crippen LogP contribution in [0.3, 0.4) is 0 Å². The number of aryl methyl sites for hydroxylation is 1. The van der Waals surface area contributed by atoms with E-state index < -0.39 is 17.4 Å². The van der Waals surface area contributed by atoms with Crippen molar-refractivity contribution >= 4 is 11.4 Å². The summed E-state index contributed by atoms with van der Waals surface area (Å²) in [6.07, 6.45) is -2.98. The van der Waals surface area contributed by atoms with Crippen LogP contribution in [-0.4, -0.2) is 10.7 Å². The Balaban J connectivity index is 3.33. The largest absolute Gasteiger partial charge is 0.434 e. The van der Waals surface area contributed by atoms with Gasteiger partial charge in [0.1, 0.15) is 6.07 Å². The molecule has 0 unspecified atom stereocenters. The summed E-state index contributed by atoms with van der Waals surface area (Å²) in [4.78, 5) is 7.69. The molecule has 1 rings (SSSR count). The normalized spacial score (nSPS) is 12.4. The van der Waals surface area contributed by atoms with Gasteiger partial charge < -0.3 is 0 Å². The van der Waals surface area contributed by atoms with Gasteiger partial charge in [0.2, 0.25) is 0 Å². The van der Waals surface area contributed by atoms with Gasteiger partial charge in [0.15, 0.2) is 5.69 Å². The van der Waals surface area contributed by atoms with Crippen LogP contribution in [0.5, 0.6) is 0 Å². The van der Waals surface area contributed by atoms with E-state index in [2.05, 4.69) is 9.98 Å². The smallest absolute Gasteiger partial charge is 0.256 e. The highest BCUT2D eigenvalue weighted by atomic mass is 19.4. The minimum atomic E-state index is -4.63. The Hall–Kier alpha value is -1.90. The van der Waals surface area contributed by atoms with E-state index in [-0.39, 0.29) is 5.69 Å². The second-order valence-corrected chi connectivity index (χ2v) is 4.20. The summed E-state index contributed by atoms with van der Waals surface area (Å²) in [7, 11) is 0. The molecule has 0 aliphatic heterocycles. The summed E-state index contributed by atoms with van der Waals surface area (Å²) in [5.74, 6) is 0. The van der Waals surface area contributed by atoms with E-state index in [1.165, 1.54) is 13.0 Å². The fourth-order valence-corrected chi connectivity index (χ4v) is 1.63. The average molecular weight is 269 g/mol. The average Bonchev–Trinajstić information content (AvgIpc) is 2.30. The van der Waals surface area contributed by atoms with Gasteiger partial charge >= 0.3 is 6.18 Å². The predicted octanol–water partition coefficient (Wildman–Crippen LogP) is 4.17. The lowest BCUT2D eigenvalue weighted by atomic mass is 10.1. The molecule has 0 fully saturated rings. The summed E-state index contributed by atoms with van der Waals surface area (Å²) < 4.78 is 38.0. The van der Waals surface area contributed by atoms with Crippen LogP contribution in [0.1, 0.15) is 43.6 Å². The third-order valence-corrected chi connectivity index (χ3v) is 2.50. The molecule has 6 heteroatoms. The van der Waals surface area contributed by atoms with Crippen LogP contribution in [0.25, 0.3) is 0 Å². The summed E-state index contributed by atoms with van der Waals surface area (Å²) in [5.41, 5.74) is -0.367. The maximum absolute atomic E-state index is 12.7. The van der Waals surface area contributed by atoms with Crippen molar-refractivity contribution in [1.29, 1.82) is 5.26 Å². The zero-order valence-electron chi connectivity index (χ0n) is 11.0. The molecule has 1 heterocycles. The molecule has 19 heavy (non-hydrogen) atoms. The van der Waals surface area contributed by atoms with Gasteiger partial charge in [0.05, 0.1) is 16.9 Å². The van der Waals surface area contributed by atoms with Gasteiger partial charge in [-0.3, -0.25) is 4.99 Å². The van der Waals surface area contributed by atoms with Crippen LogP contribution in [0, 0.1) is 18.3 Å². The van der Waals surface area contributed by atoms with Crippen molar-refractivity contribution < 1.29 is 13.2 Å². The minimum Gasteiger partial charge on any atom is -0.256 e. The lowest BCUT2D eigenvalue weighted by Gasteiger charge is -2.10. The van der Waals surface area contributed by atoms with E-state index >= 15 is 0 Å². The SMILES string of the molecule is CCCC(C)=Nc1cc(C#N)c(C(F)(F)F)nc1C. The molecule has 1 aromatic rings. The van der Waals surface area contributed by atoms with Crippen molar-refractivity contribution in [1.82, 2.24) is 4.98 Å². The monoisotopic (exact) mass is 269 g/mol. The van der Waals surface area contributed by atoms with E-state index in [4.69, 9.17) is 5.26 Å². The number of rotatable bonds is 3. The van der Waals surface area contributed by atoms with E-state index in [0.29, 0.717) is 5.69 Å². The second-order valence-electron chi connectivity index (χ2n) is 4.20. The van der Waals surface area contributed by atoms with E-state index in [9.17, 15) is 13.2 Å². The van der Waals surface area contributed by atoms with Crippen molar-refractivity contribution in [3.63, 3.8) is 0 Å². The summed E-state index contributed by atoms with van der Waals surface area (Å²) in [6, 6.07) is 2.67. The van der Waals surface area contributed by atoms with Crippen LogP contribution in [0.15, 0.2) is 11.1 Å². The molecule has 0 saturated heterocycles. The first-order chi connectivity index (χ1) is 8.79. The quantitative estimate of drug-likeness (QED) is 0.773. The molecular weight excluding hydrogens is 255 g/mol. The Morgan fingerprint density at radius 3 is 2.58 bits per heavy atom. The van der Waals surface area contributed by atoms with Crippen LogP contribution >= 0.6 is 0 Å². The Labute approximate surface area is 109 Å². The number of nitrogens with zero attached hydrogens (tertiary/aromatic N) is 3. The van der Waals surface area contributed by atoms with Crippen LogP contribution < -0.4 is 0 Å². The Morgan fingerprint density at radius 2 is 2.11 bits per heavy atom. The molecule has 0 amide bonds. The highest BCUT2D eigenvalue weighted by molar-refractivity contribution is 5.84. The van der Waals surface area contributed by atoms with Crippen LogP contribution in [-0.2, 0) is 6.18 Å². The standard InChI is InChI=1S/C13H14F3N3/c1-4-5-8(2)18-11-6-10(7-17)12(13(14,15)16)19-9(11)3/h6H,4-5H2,1-3H3. The fraction of sp³-hybridized carbons (Fsp3) is 0.462. The molecule has 0 radical (unpaired) electrons. The summed E-state index contributed by atoms with van der Waals surface area (Å²) >= 11 is 0. The maximum Gasteiger partial charge on any atom is 0.434 e. The maximum atomic E-state index is 12.7. The topological polar surface area (TPSA) is 49.0 Å². The predicted molar refractivity (Wildman–Crippen MR) is 66.4 cm³/mol. The second kappa shape index (κ2) is 5.83. The lowest BCUT2D eigenvalue weighted by molar-refractivity contribution is -0.141. The van der Waals surface area contributed by atoms with Crippen LogP contribution in [0.2, 0.25) is 0 Å². The first-order valence-electron chi connectivity index (χ1n) is 5.82. The molecule has 0 aliphatic rings. The first kappa shape index (κ1) is 15.2. The number of alkyl halides is 3. The van der Waals surface area contributed by atoms with Crippen molar-refractivity contribution in [3.8, 4) is 6.07 Å². The Kier molecular flexibility index (Phi) is 4.65. The molecule has 1 aromatic heterocycles. The molecule has 102 valence electrons. The summed E-state index contributed by atoms with van der Waals surface area (Å²) in [5, 5.41) is 8.80. The number of hydrogen-bond donors (Lipinski definition) is 0. The lowest BCUT2D eigenvalue weighted by Crippen LogP contribution is -2.11. The van der Waals surface area contributed by atoms with Crippen LogP contribution in [0.4, 0.5) is 18.9 Å². The Morgan fingerprint density at radius 1 is 1.47 bits per heavy atom. The van der Waals surface area contributed by atoms with Gasteiger partial charge in [-0.1, -0.05) is 13.3 Å². The third kappa shape index (κ3) is 3.78. The van der Waals surface area contributed by atoms with E-state index in [1.54, 1.807) is 6.92 Å². The van der Waals surface area contributed by atoms with Crippen molar-refractivity contribution in [2.45, 2.75) is 39.8 Å². The van der Waals surface area contributed by atoms with Gasteiger partial charge in [-0.05, 0) is 26.3 Å². The molecule has 0 aliphatic carbocycles. The minimum absolute atomic E-state index is 0.168. The molecule has 0 atom stereocenters. The van der Waals surface area contributed by atoms with Gasteiger partial charge in [0.25, 0.3) is 0 Å². The highest BCUT2D eigenvalue weighted by Crippen LogP contribution is 2.33. The van der Waals surface area contributed by atoms with E-state index in [1.807, 2.05) is 6.92 Å². The molecule has 0 saturated carbocycles. The molecule has 0 aromatic carbocycles. The van der Waals surface area contributed by atoms with Crippen molar-refractivity contribution in [3.05, 3.63) is 23.0 Å². The third-order valence-electron chi connectivity index (χ3n) is 2.50. The van der Waals surface area contributed by atoms with E-state index in [0.717, 1.165) is 24.6 Å². The fourth-order valence-electron chi connectivity index (χ4n) is 1.63. The molecular formula is C13H14F3N3. The first-order valence-corrected chi connectivity index (χ1v) is 5.82. The van der Waals surface area contributed by atoms with Gasteiger partial charge in [0, 0.05) is 5.71 Å². The van der Waals surface area contributed by atoms with Gasteiger partial charge in [-0.25, -0.2) is 4.98 Å². The van der Waals surface area contributed by atoms with Crippen molar-refractivity contribution in [2.24, 2.45) is 4.99 Å². The van der Waals surface area contributed by atoms with Crippen molar-refractivity contribution in [2.75, 3.05) is 0 Å². The van der Waals surface area contributed by atoms with Gasteiger partial charge in [-0.15, -0.1) is 0 Å². The number of hydrogen-bond acceptors (Lipinski definition) is 3. The number of aromatic nitrogens is 1. The highest BCUT2D eigenvalue weighted by Gasteiger charge is 2.36. The molecule has 0 spiro atoms. The molecule has 0 N–H and O–H groups in total. The number of nitriles is 1.